The van der Waals surface area contributed by atoms with E-state index >= 15 is 0 Å². The van der Waals surface area contributed by atoms with Crippen LogP contribution in [0.1, 0.15) is 35.8 Å². The number of carbonyl (C=O) groups is 1. The molecule has 5 heteroatoms. The van der Waals surface area contributed by atoms with Gasteiger partial charge >= 0.3 is 5.97 Å². The van der Waals surface area contributed by atoms with Gasteiger partial charge < -0.3 is 9.30 Å². The van der Waals surface area contributed by atoms with Crippen molar-refractivity contribution in [2.24, 2.45) is 0 Å². The van der Waals surface area contributed by atoms with Crippen LogP contribution in [0.4, 0.5) is 0 Å². The standard InChI is InChI=1S/C16H16N2O3/c1-3-21-16(20)13-9-18-10(2)6-11-4-5-17-8-12(11)14(18)7-15(13)19/h4-5,7-10H,3,6H2,1-2H3. The lowest BCUT2D eigenvalue weighted by molar-refractivity contribution is 0.0523. The second-order valence-corrected chi connectivity index (χ2v) is 5.15. The summed E-state index contributed by atoms with van der Waals surface area (Å²) in [6.45, 7) is 4.03. The molecule has 0 radical (unpaired) electrons. The molecule has 1 unspecified atom stereocenters. The van der Waals surface area contributed by atoms with E-state index in [2.05, 4.69) is 11.9 Å². The summed E-state index contributed by atoms with van der Waals surface area (Å²) >= 11 is 0. The Kier molecular flexibility index (Phi) is 3.33. The summed E-state index contributed by atoms with van der Waals surface area (Å²) in [4.78, 5) is 28.2. The van der Waals surface area contributed by atoms with Crippen molar-refractivity contribution in [3.05, 3.63) is 52.1 Å². The number of rotatable bonds is 2. The molecule has 108 valence electrons. The second-order valence-electron chi connectivity index (χ2n) is 5.15. The minimum atomic E-state index is -0.568. The van der Waals surface area contributed by atoms with Crippen LogP contribution in [0.25, 0.3) is 11.3 Å². The van der Waals surface area contributed by atoms with Crippen molar-refractivity contribution in [2.75, 3.05) is 6.61 Å². The van der Waals surface area contributed by atoms with E-state index in [1.807, 2.05) is 10.6 Å². The van der Waals surface area contributed by atoms with Gasteiger partial charge in [0.05, 0.1) is 12.3 Å². The first kappa shape index (κ1) is 13.5. The molecule has 0 amide bonds. The minimum Gasteiger partial charge on any atom is -0.462 e. The molecule has 0 fully saturated rings. The molecule has 5 nitrogen and oxygen atoms in total. The van der Waals surface area contributed by atoms with Crippen molar-refractivity contribution >= 4 is 5.97 Å². The van der Waals surface area contributed by atoms with Crippen LogP contribution in [0.3, 0.4) is 0 Å². The second kappa shape index (κ2) is 5.16. The zero-order valence-electron chi connectivity index (χ0n) is 12.0. The molecule has 3 rings (SSSR count). The quantitative estimate of drug-likeness (QED) is 0.793. The van der Waals surface area contributed by atoms with Crippen LogP contribution in [0.5, 0.6) is 0 Å². The molecule has 2 aromatic heterocycles. The van der Waals surface area contributed by atoms with E-state index in [1.165, 1.54) is 11.6 Å². The zero-order chi connectivity index (χ0) is 15.0. The predicted octanol–water partition coefficient (Wildman–Crippen LogP) is 2.20. The summed E-state index contributed by atoms with van der Waals surface area (Å²) in [5, 5.41) is 0. The monoisotopic (exact) mass is 284 g/mol. The molecule has 1 aliphatic rings. The molecule has 0 bridgehead atoms. The number of fused-ring (bicyclic) bond motifs is 3. The van der Waals surface area contributed by atoms with Crippen LogP contribution in [0.2, 0.25) is 0 Å². The number of pyridine rings is 2. The smallest absolute Gasteiger partial charge is 0.343 e. The normalized spacial score (nSPS) is 16.0. The highest BCUT2D eigenvalue weighted by molar-refractivity contribution is 5.89. The van der Waals surface area contributed by atoms with Crippen LogP contribution >= 0.6 is 0 Å². The van der Waals surface area contributed by atoms with Crippen molar-refractivity contribution in [3.8, 4) is 11.3 Å². The van der Waals surface area contributed by atoms with E-state index in [-0.39, 0.29) is 23.6 Å². The van der Waals surface area contributed by atoms with Crippen molar-refractivity contribution < 1.29 is 9.53 Å². The maximum Gasteiger partial charge on any atom is 0.343 e. The maximum atomic E-state index is 12.2. The first-order valence-corrected chi connectivity index (χ1v) is 6.98. The molecule has 0 aliphatic carbocycles. The third-order valence-corrected chi connectivity index (χ3v) is 3.75. The number of carbonyl (C=O) groups excluding carboxylic acids is 1. The van der Waals surface area contributed by atoms with Crippen LogP contribution in [0, 0.1) is 0 Å². The van der Waals surface area contributed by atoms with Gasteiger partial charge in [-0.2, -0.15) is 0 Å². The first-order valence-electron chi connectivity index (χ1n) is 6.98. The highest BCUT2D eigenvalue weighted by atomic mass is 16.5. The Hall–Kier alpha value is -2.43. The lowest BCUT2D eigenvalue weighted by Crippen LogP contribution is -2.25. The summed E-state index contributed by atoms with van der Waals surface area (Å²) < 4.78 is 6.90. The lowest BCUT2D eigenvalue weighted by atomic mass is 9.95. The van der Waals surface area contributed by atoms with Gasteiger partial charge in [-0.25, -0.2) is 4.79 Å². The number of hydrogen-bond donors (Lipinski definition) is 0. The van der Waals surface area contributed by atoms with E-state index in [0.717, 1.165) is 17.7 Å². The van der Waals surface area contributed by atoms with E-state index in [9.17, 15) is 9.59 Å². The maximum absolute atomic E-state index is 12.2. The van der Waals surface area contributed by atoms with Crippen molar-refractivity contribution in [3.63, 3.8) is 0 Å². The van der Waals surface area contributed by atoms with Gasteiger partial charge in [-0.05, 0) is 31.9 Å². The number of aromatic nitrogens is 2. The third-order valence-electron chi connectivity index (χ3n) is 3.75. The minimum absolute atomic E-state index is 0.0831. The van der Waals surface area contributed by atoms with E-state index in [1.54, 1.807) is 25.5 Å². The van der Waals surface area contributed by atoms with E-state index in [4.69, 9.17) is 4.74 Å². The Morgan fingerprint density at radius 2 is 2.33 bits per heavy atom. The Labute approximate surface area is 122 Å². The largest absolute Gasteiger partial charge is 0.462 e. The van der Waals surface area contributed by atoms with Gasteiger partial charge in [-0.15, -0.1) is 0 Å². The van der Waals surface area contributed by atoms with Gasteiger partial charge in [0, 0.05) is 36.3 Å². The average molecular weight is 284 g/mol. The van der Waals surface area contributed by atoms with E-state index < -0.39 is 5.97 Å². The molecule has 21 heavy (non-hydrogen) atoms. The molecular formula is C16H16N2O3. The summed E-state index contributed by atoms with van der Waals surface area (Å²) in [5.41, 5.74) is 2.68. The Morgan fingerprint density at radius 1 is 1.52 bits per heavy atom. The fraction of sp³-hybridized carbons (Fsp3) is 0.312. The van der Waals surface area contributed by atoms with Crippen LogP contribution in [-0.4, -0.2) is 22.1 Å². The fourth-order valence-corrected chi connectivity index (χ4v) is 2.74. The number of ether oxygens (including phenoxy) is 1. The Balaban J connectivity index is 2.18. The summed E-state index contributed by atoms with van der Waals surface area (Å²) in [6.07, 6.45) is 5.97. The topological polar surface area (TPSA) is 61.2 Å². The third kappa shape index (κ3) is 2.24. The highest BCUT2D eigenvalue weighted by Gasteiger charge is 2.23. The molecule has 3 heterocycles. The summed E-state index contributed by atoms with van der Waals surface area (Å²) in [5.74, 6) is -0.568. The molecule has 0 N–H and O–H groups in total. The van der Waals surface area contributed by atoms with Crippen LogP contribution < -0.4 is 5.43 Å². The fourth-order valence-electron chi connectivity index (χ4n) is 2.74. The molecular weight excluding hydrogens is 268 g/mol. The zero-order valence-corrected chi connectivity index (χ0v) is 12.0. The van der Waals surface area contributed by atoms with Gasteiger partial charge in [-0.1, -0.05) is 0 Å². The molecule has 0 saturated heterocycles. The van der Waals surface area contributed by atoms with Gasteiger partial charge in [0.15, 0.2) is 5.43 Å². The van der Waals surface area contributed by atoms with Crippen molar-refractivity contribution in [1.82, 2.24) is 9.55 Å². The van der Waals surface area contributed by atoms with Gasteiger partial charge in [-0.3, -0.25) is 9.78 Å². The Morgan fingerprint density at radius 3 is 3.10 bits per heavy atom. The van der Waals surface area contributed by atoms with Crippen molar-refractivity contribution in [2.45, 2.75) is 26.3 Å². The Bertz CT molecular complexity index is 764. The number of esters is 1. The van der Waals surface area contributed by atoms with Gasteiger partial charge in [0.2, 0.25) is 0 Å². The lowest BCUT2D eigenvalue weighted by Gasteiger charge is -2.28. The van der Waals surface area contributed by atoms with Crippen LogP contribution in [0.15, 0.2) is 35.5 Å². The molecule has 1 aliphatic heterocycles. The SMILES string of the molecule is CCOC(=O)c1cn2c(cc1=O)-c1cnccc1CC2C. The number of hydrogen-bond acceptors (Lipinski definition) is 4. The molecule has 0 saturated carbocycles. The van der Waals surface area contributed by atoms with Gasteiger partial charge in [0.1, 0.15) is 5.56 Å². The first-order chi connectivity index (χ1) is 10.1. The molecule has 0 spiro atoms. The molecule has 0 aromatic carbocycles. The average Bonchev–Trinajstić information content (AvgIpc) is 2.47. The summed E-state index contributed by atoms with van der Waals surface area (Å²) in [6, 6.07) is 3.64. The van der Waals surface area contributed by atoms with Crippen LogP contribution in [-0.2, 0) is 11.2 Å². The van der Waals surface area contributed by atoms with Gasteiger partial charge in [0.25, 0.3) is 0 Å². The molecule has 2 aromatic rings. The summed E-state index contributed by atoms with van der Waals surface area (Å²) in [7, 11) is 0. The highest BCUT2D eigenvalue weighted by Crippen LogP contribution is 2.32. The van der Waals surface area contributed by atoms with E-state index in [0.29, 0.717) is 0 Å². The predicted molar refractivity (Wildman–Crippen MR) is 78.3 cm³/mol. The molecule has 1 atom stereocenters. The number of nitrogens with zero attached hydrogens (tertiary/aromatic N) is 2. The van der Waals surface area contributed by atoms with Crippen molar-refractivity contribution in [1.29, 1.82) is 0 Å².